The summed E-state index contributed by atoms with van der Waals surface area (Å²) in [4.78, 5) is 0. The highest BCUT2D eigenvalue weighted by atomic mass is 19.1. The lowest BCUT2D eigenvalue weighted by Gasteiger charge is -2.40. The second-order valence-electron chi connectivity index (χ2n) is 6.95. The maximum atomic E-state index is 14.0. The molecule has 0 saturated heterocycles. The highest BCUT2D eigenvalue weighted by molar-refractivity contribution is 5.36. The van der Waals surface area contributed by atoms with E-state index in [1.165, 1.54) is 32.8 Å². The van der Waals surface area contributed by atoms with Crippen molar-refractivity contribution in [2.45, 2.75) is 37.6 Å². The predicted molar refractivity (Wildman–Crippen MR) is 75.9 cm³/mol. The minimum absolute atomic E-state index is 0.291. The van der Waals surface area contributed by atoms with Gasteiger partial charge in [0.25, 0.3) is 0 Å². The summed E-state index contributed by atoms with van der Waals surface area (Å²) in [7, 11) is 1.50. The Hall–Kier alpha value is -1.09. The van der Waals surface area contributed by atoms with Gasteiger partial charge in [-0.05, 0) is 67.1 Å². The topological polar surface area (TPSA) is 35.2 Å². The maximum Gasteiger partial charge on any atom is 0.165 e. The lowest BCUT2D eigenvalue weighted by atomic mass is 9.68. The molecule has 3 aliphatic carbocycles. The Labute approximate surface area is 119 Å². The van der Waals surface area contributed by atoms with Crippen LogP contribution in [0.4, 0.5) is 4.39 Å². The Morgan fingerprint density at radius 2 is 2.10 bits per heavy atom. The molecule has 2 nitrogen and oxygen atoms in total. The maximum absolute atomic E-state index is 14.0. The molecule has 0 aliphatic heterocycles. The fourth-order valence-electron chi connectivity index (χ4n) is 5.48. The summed E-state index contributed by atoms with van der Waals surface area (Å²) in [5, 5.41) is 0. The Morgan fingerprint density at radius 3 is 2.85 bits per heavy atom. The summed E-state index contributed by atoms with van der Waals surface area (Å²) in [6, 6.07) is 5.29. The molecule has 0 amide bonds. The second-order valence-corrected chi connectivity index (χ2v) is 6.95. The van der Waals surface area contributed by atoms with Gasteiger partial charge in [0.05, 0.1) is 7.11 Å². The van der Waals surface area contributed by atoms with Crippen LogP contribution in [-0.2, 0) is 5.54 Å². The van der Waals surface area contributed by atoms with Gasteiger partial charge in [-0.3, -0.25) is 0 Å². The monoisotopic (exact) mass is 275 g/mol. The molecule has 3 heteroatoms. The molecular weight excluding hydrogens is 253 g/mol. The summed E-state index contributed by atoms with van der Waals surface area (Å²) >= 11 is 0. The van der Waals surface area contributed by atoms with E-state index in [1.807, 2.05) is 6.07 Å². The first-order valence-electron chi connectivity index (χ1n) is 7.76. The molecule has 108 valence electrons. The fourth-order valence-corrected chi connectivity index (χ4v) is 5.48. The SMILES string of the molecule is COc1ccc(C2(N)CC3CC2C2CCCC32)cc1F. The smallest absolute Gasteiger partial charge is 0.165 e. The highest BCUT2D eigenvalue weighted by Crippen LogP contribution is 2.64. The number of benzene rings is 1. The number of methoxy groups -OCH3 is 1. The minimum atomic E-state index is -0.316. The van der Waals surface area contributed by atoms with E-state index in [9.17, 15) is 4.39 Å². The third kappa shape index (κ3) is 1.53. The number of hydrogen-bond donors (Lipinski definition) is 1. The van der Waals surface area contributed by atoms with Crippen LogP contribution in [-0.4, -0.2) is 7.11 Å². The van der Waals surface area contributed by atoms with Crippen molar-refractivity contribution < 1.29 is 9.13 Å². The average molecular weight is 275 g/mol. The van der Waals surface area contributed by atoms with Gasteiger partial charge in [-0.15, -0.1) is 0 Å². The van der Waals surface area contributed by atoms with Gasteiger partial charge in [0.1, 0.15) is 0 Å². The molecule has 0 radical (unpaired) electrons. The number of hydrogen-bond acceptors (Lipinski definition) is 2. The third-order valence-corrected chi connectivity index (χ3v) is 6.25. The number of ether oxygens (including phenoxy) is 1. The highest BCUT2D eigenvalue weighted by Gasteiger charge is 2.59. The first kappa shape index (κ1) is 12.6. The van der Waals surface area contributed by atoms with Crippen molar-refractivity contribution >= 4 is 0 Å². The molecular formula is C17H22FNO. The van der Waals surface area contributed by atoms with Crippen molar-refractivity contribution in [3.63, 3.8) is 0 Å². The molecule has 2 N–H and O–H groups in total. The molecule has 3 fully saturated rings. The normalized spacial score (nSPS) is 42.0. The van der Waals surface area contributed by atoms with Crippen LogP contribution in [0.25, 0.3) is 0 Å². The molecule has 1 aromatic carbocycles. The summed E-state index contributed by atoms with van der Waals surface area (Å²) in [5.74, 6) is 3.01. The van der Waals surface area contributed by atoms with Crippen LogP contribution in [0.2, 0.25) is 0 Å². The van der Waals surface area contributed by atoms with Gasteiger partial charge in [0, 0.05) is 5.54 Å². The first-order valence-corrected chi connectivity index (χ1v) is 7.76. The van der Waals surface area contributed by atoms with Gasteiger partial charge in [-0.1, -0.05) is 12.5 Å². The molecule has 0 spiro atoms. The standard InChI is InChI=1S/C17H22FNO/c1-20-16-6-5-11(8-15(16)18)17(19)9-10-7-14(17)13-4-2-3-12(10)13/h5-6,8,10,12-14H,2-4,7,9,19H2,1H3. The van der Waals surface area contributed by atoms with Gasteiger partial charge in [-0.25, -0.2) is 4.39 Å². The third-order valence-electron chi connectivity index (χ3n) is 6.25. The van der Waals surface area contributed by atoms with E-state index in [-0.39, 0.29) is 11.4 Å². The molecule has 4 rings (SSSR count). The first-order chi connectivity index (χ1) is 9.63. The molecule has 5 atom stereocenters. The van der Waals surface area contributed by atoms with Gasteiger partial charge in [0.2, 0.25) is 0 Å². The predicted octanol–water partition coefficient (Wildman–Crippen LogP) is 3.44. The largest absolute Gasteiger partial charge is 0.494 e. The Morgan fingerprint density at radius 1 is 1.30 bits per heavy atom. The molecule has 1 aromatic rings. The lowest BCUT2D eigenvalue weighted by molar-refractivity contribution is 0.156. The van der Waals surface area contributed by atoms with Crippen LogP contribution in [0, 0.1) is 29.5 Å². The number of halogens is 1. The quantitative estimate of drug-likeness (QED) is 0.897. The fraction of sp³-hybridized carbons (Fsp3) is 0.647. The van der Waals surface area contributed by atoms with E-state index < -0.39 is 0 Å². The molecule has 2 bridgehead atoms. The number of fused-ring (bicyclic) bond motifs is 5. The van der Waals surface area contributed by atoms with Crippen molar-refractivity contribution in [2.75, 3.05) is 7.11 Å². The Kier molecular flexibility index (Phi) is 2.65. The van der Waals surface area contributed by atoms with Crippen molar-refractivity contribution in [1.29, 1.82) is 0 Å². The number of rotatable bonds is 2. The van der Waals surface area contributed by atoms with Crippen LogP contribution in [0.1, 0.15) is 37.7 Å². The van der Waals surface area contributed by atoms with E-state index in [2.05, 4.69) is 0 Å². The molecule has 3 saturated carbocycles. The Balaban J connectivity index is 1.70. The summed E-state index contributed by atoms with van der Waals surface area (Å²) < 4.78 is 19.0. The lowest BCUT2D eigenvalue weighted by Crippen LogP contribution is -2.46. The van der Waals surface area contributed by atoms with Crippen LogP contribution < -0.4 is 10.5 Å². The zero-order chi connectivity index (χ0) is 13.9. The molecule has 20 heavy (non-hydrogen) atoms. The van der Waals surface area contributed by atoms with Crippen LogP contribution >= 0.6 is 0 Å². The summed E-state index contributed by atoms with van der Waals surface area (Å²) in [5.41, 5.74) is 7.42. The number of nitrogens with two attached hydrogens (primary N) is 1. The Bertz CT molecular complexity index is 546. The second kappa shape index (κ2) is 4.20. The van der Waals surface area contributed by atoms with Gasteiger partial charge >= 0.3 is 0 Å². The zero-order valence-electron chi connectivity index (χ0n) is 11.9. The van der Waals surface area contributed by atoms with Crippen molar-refractivity contribution in [3.05, 3.63) is 29.6 Å². The van der Waals surface area contributed by atoms with Crippen molar-refractivity contribution in [1.82, 2.24) is 0 Å². The van der Waals surface area contributed by atoms with Crippen molar-refractivity contribution in [2.24, 2.45) is 29.4 Å². The van der Waals surface area contributed by atoms with Crippen LogP contribution in [0.15, 0.2) is 18.2 Å². The molecule has 5 unspecified atom stereocenters. The van der Waals surface area contributed by atoms with E-state index in [0.29, 0.717) is 11.7 Å². The molecule has 0 heterocycles. The van der Waals surface area contributed by atoms with Crippen LogP contribution in [0.3, 0.4) is 0 Å². The van der Waals surface area contributed by atoms with Crippen molar-refractivity contribution in [3.8, 4) is 5.75 Å². The van der Waals surface area contributed by atoms with Crippen LogP contribution in [0.5, 0.6) is 5.75 Å². The van der Waals surface area contributed by atoms with E-state index in [0.717, 1.165) is 29.7 Å². The summed E-state index contributed by atoms with van der Waals surface area (Å²) in [6.45, 7) is 0. The van der Waals surface area contributed by atoms with Gasteiger partial charge in [0.15, 0.2) is 11.6 Å². The van der Waals surface area contributed by atoms with E-state index in [4.69, 9.17) is 10.5 Å². The van der Waals surface area contributed by atoms with E-state index in [1.54, 1.807) is 12.1 Å². The minimum Gasteiger partial charge on any atom is -0.494 e. The van der Waals surface area contributed by atoms with E-state index >= 15 is 0 Å². The zero-order valence-corrected chi connectivity index (χ0v) is 11.9. The van der Waals surface area contributed by atoms with Gasteiger partial charge < -0.3 is 10.5 Å². The molecule has 0 aromatic heterocycles. The average Bonchev–Trinajstić information content (AvgIpc) is 3.09. The molecule has 3 aliphatic rings. The summed E-state index contributed by atoms with van der Waals surface area (Å²) in [6.07, 6.45) is 6.35. The van der Waals surface area contributed by atoms with Gasteiger partial charge in [-0.2, -0.15) is 0 Å².